The molecule has 1 fully saturated rings. The number of ether oxygens (including phenoxy) is 4. The number of nitrogens with one attached hydrogen (secondary N) is 1. The van der Waals surface area contributed by atoms with Crippen molar-refractivity contribution in [1.82, 2.24) is 5.32 Å². The minimum absolute atomic E-state index is 0.224. The first-order valence-corrected chi connectivity index (χ1v) is 13.6. The maximum atomic E-state index is 6.68. The average Bonchev–Trinajstić information content (AvgIpc) is 2.95. The van der Waals surface area contributed by atoms with Gasteiger partial charge in [-0.2, -0.15) is 0 Å². The second-order valence-corrected chi connectivity index (χ2v) is 10.2. The van der Waals surface area contributed by atoms with E-state index in [0.29, 0.717) is 32.2 Å². The highest BCUT2D eigenvalue weighted by Crippen LogP contribution is 2.31. The van der Waals surface area contributed by atoms with Crippen LogP contribution in [0.25, 0.3) is 0 Å². The third kappa shape index (κ3) is 8.35. The molecule has 5 nitrogen and oxygen atoms in total. The van der Waals surface area contributed by atoms with Gasteiger partial charge in [0, 0.05) is 0 Å². The highest BCUT2D eigenvalue weighted by Gasteiger charge is 2.47. The van der Waals surface area contributed by atoms with Gasteiger partial charge in [-0.25, -0.2) is 0 Å². The monoisotopic (exact) mass is 515 g/mol. The highest BCUT2D eigenvalue weighted by molar-refractivity contribution is 5.16. The Morgan fingerprint density at radius 3 is 1.61 bits per heavy atom. The third-order valence-corrected chi connectivity index (χ3v) is 6.62. The van der Waals surface area contributed by atoms with Crippen molar-refractivity contribution in [2.45, 2.75) is 70.7 Å². The number of hydrogen-bond acceptors (Lipinski definition) is 5. The summed E-state index contributed by atoms with van der Waals surface area (Å²) in [6.07, 6.45) is 0.903. The molecule has 5 atom stereocenters. The molecule has 1 aliphatic rings. The average molecular weight is 516 g/mol. The van der Waals surface area contributed by atoms with Crippen molar-refractivity contribution in [3.63, 3.8) is 0 Å². The lowest BCUT2D eigenvalue weighted by atomic mass is 9.94. The zero-order valence-electron chi connectivity index (χ0n) is 22.6. The zero-order chi connectivity index (χ0) is 26.6. The van der Waals surface area contributed by atoms with Gasteiger partial charge in [0.2, 0.25) is 0 Å². The van der Waals surface area contributed by atoms with Crippen molar-refractivity contribution in [3.8, 4) is 0 Å². The van der Waals surface area contributed by atoms with E-state index in [2.05, 4.69) is 62.1 Å². The predicted octanol–water partition coefficient (Wildman–Crippen LogP) is 6.29. The van der Waals surface area contributed by atoms with Crippen molar-refractivity contribution >= 4 is 0 Å². The van der Waals surface area contributed by atoms with E-state index in [0.717, 1.165) is 23.2 Å². The molecule has 1 aliphatic heterocycles. The maximum Gasteiger partial charge on any atom is 0.137 e. The molecule has 0 bridgehead atoms. The molecule has 0 aliphatic carbocycles. The van der Waals surface area contributed by atoms with E-state index in [1.165, 1.54) is 0 Å². The molecular weight excluding hydrogens is 474 g/mol. The summed E-state index contributed by atoms with van der Waals surface area (Å²) in [4.78, 5) is 0. The minimum Gasteiger partial charge on any atom is -0.368 e. The van der Waals surface area contributed by atoms with Crippen LogP contribution < -0.4 is 5.32 Å². The smallest absolute Gasteiger partial charge is 0.137 e. The van der Waals surface area contributed by atoms with E-state index in [4.69, 9.17) is 18.9 Å². The normalized spacial score (nSPS) is 23.4. The SMILES string of the molecule is C=CCC1OC(NCC(C)C)C(OCc2ccccc2)C(OCc2ccccc2)C1OCc1ccccc1. The van der Waals surface area contributed by atoms with Gasteiger partial charge in [0.15, 0.2) is 0 Å². The van der Waals surface area contributed by atoms with Crippen LogP contribution in [0.3, 0.4) is 0 Å². The van der Waals surface area contributed by atoms with Crippen LogP contribution in [0.5, 0.6) is 0 Å². The summed E-state index contributed by atoms with van der Waals surface area (Å²) in [5.74, 6) is 0.460. The molecule has 0 aromatic heterocycles. The topological polar surface area (TPSA) is 49.0 Å². The van der Waals surface area contributed by atoms with E-state index in [9.17, 15) is 0 Å². The lowest BCUT2D eigenvalue weighted by molar-refractivity contribution is -0.270. The van der Waals surface area contributed by atoms with E-state index in [1.807, 2.05) is 60.7 Å². The molecule has 0 amide bonds. The molecule has 1 saturated heterocycles. The molecule has 0 saturated carbocycles. The Balaban J connectivity index is 1.62. The van der Waals surface area contributed by atoms with Crippen LogP contribution in [0, 0.1) is 5.92 Å². The van der Waals surface area contributed by atoms with E-state index < -0.39 is 0 Å². The molecule has 5 unspecified atom stereocenters. The molecule has 1 N–H and O–H groups in total. The van der Waals surface area contributed by atoms with E-state index in [1.54, 1.807) is 0 Å². The van der Waals surface area contributed by atoms with Crippen molar-refractivity contribution in [3.05, 3.63) is 120 Å². The van der Waals surface area contributed by atoms with Gasteiger partial charge in [-0.3, -0.25) is 5.32 Å². The van der Waals surface area contributed by atoms with Gasteiger partial charge in [-0.15, -0.1) is 6.58 Å². The molecule has 3 aromatic rings. The Kier molecular flexibility index (Phi) is 11.1. The summed E-state index contributed by atoms with van der Waals surface area (Å²) in [6, 6.07) is 30.7. The summed E-state index contributed by atoms with van der Waals surface area (Å²) < 4.78 is 26.5. The van der Waals surface area contributed by atoms with Gasteiger partial charge in [0.1, 0.15) is 24.5 Å². The fraction of sp³-hybridized carbons (Fsp3) is 0.394. The predicted molar refractivity (Wildman–Crippen MR) is 151 cm³/mol. The Hall–Kier alpha value is -2.80. The lowest BCUT2D eigenvalue weighted by Crippen LogP contribution is -2.64. The largest absolute Gasteiger partial charge is 0.368 e. The van der Waals surface area contributed by atoms with Gasteiger partial charge in [0.25, 0.3) is 0 Å². The molecule has 0 radical (unpaired) electrons. The Morgan fingerprint density at radius 2 is 1.16 bits per heavy atom. The summed E-state index contributed by atoms with van der Waals surface area (Å²) in [7, 11) is 0. The third-order valence-electron chi connectivity index (χ3n) is 6.62. The van der Waals surface area contributed by atoms with Crippen LogP contribution in [0.1, 0.15) is 37.0 Å². The van der Waals surface area contributed by atoms with E-state index in [-0.39, 0.29) is 30.6 Å². The quantitative estimate of drug-likeness (QED) is 0.256. The molecule has 38 heavy (non-hydrogen) atoms. The molecule has 202 valence electrons. The molecule has 5 heteroatoms. The van der Waals surface area contributed by atoms with Crippen LogP contribution in [0.2, 0.25) is 0 Å². The maximum absolute atomic E-state index is 6.68. The van der Waals surface area contributed by atoms with Crippen LogP contribution in [0.15, 0.2) is 104 Å². The fourth-order valence-electron chi connectivity index (χ4n) is 4.66. The number of rotatable bonds is 14. The molecule has 1 heterocycles. The van der Waals surface area contributed by atoms with Crippen LogP contribution >= 0.6 is 0 Å². The first-order chi connectivity index (χ1) is 18.6. The van der Waals surface area contributed by atoms with Crippen LogP contribution in [-0.4, -0.2) is 37.2 Å². The number of hydrogen-bond donors (Lipinski definition) is 1. The minimum atomic E-state index is -0.375. The lowest BCUT2D eigenvalue weighted by Gasteiger charge is -2.46. The summed E-state index contributed by atoms with van der Waals surface area (Å²) in [6.45, 7) is 10.5. The highest BCUT2D eigenvalue weighted by atomic mass is 16.6. The molecule has 0 spiro atoms. The van der Waals surface area contributed by atoms with Crippen molar-refractivity contribution in [2.75, 3.05) is 6.54 Å². The first-order valence-electron chi connectivity index (χ1n) is 13.6. The Labute approximate surface area is 227 Å². The van der Waals surface area contributed by atoms with Gasteiger partial charge in [-0.1, -0.05) is 111 Å². The van der Waals surface area contributed by atoms with Crippen molar-refractivity contribution in [1.29, 1.82) is 0 Å². The Morgan fingerprint density at radius 1 is 0.711 bits per heavy atom. The van der Waals surface area contributed by atoms with Crippen molar-refractivity contribution in [2.24, 2.45) is 5.92 Å². The zero-order valence-corrected chi connectivity index (χ0v) is 22.6. The molecule has 3 aromatic carbocycles. The Bertz CT molecular complexity index is 1060. The van der Waals surface area contributed by atoms with Crippen LogP contribution in [0.4, 0.5) is 0 Å². The summed E-state index contributed by atoms with van der Waals surface area (Å²) >= 11 is 0. The van der Waals surface area contributed by atoms with E-state index >= 15 is 0 Å². The molecular formula is C33H41NO4. The second kappa shape index (κ2) is 15.0. The van der Waals surface area contributed by atoms with Crippen LogP contribution in [-0.2, 0) is 38.8 Å². The second-order valence-electron chi connectivity index (χ2n) is 10.2. The van der Waals surface area contributed by atoms with Gasteiger partial charge >= 0.3 is 0 Å². The number of benzene rings is 3. The first kappa shape index (κ1) is 28.2. The summed E-state index contributed by atoms with van der Waals surface area (Å²) in [5, 5.41) is 3.60. The molecule has 4 rings (SSSR count). The van der Waals surface area contributed by atoms with Crippen molar-refractivity contribution < 1.29 is 18.9 Å². The van der Waals surface area contributed by atoms with Gasteiger partial charge in [0.05, 0.1) is 25.9 Å². The standard InChI is InChI=1S/C33H41NO4/c1-4-14-29-30(35-22-26-15-8-5-9-16-26)31(36-23-27-17-10-6-11-18-27)32(33(38-29)34-21-25(2)3)37-24-28-19-12-7-13-20-28/h4-13,15-20,25,29-34H,1,14,21-24H2,2-3H3. The fourth-order valence-corrected chi connectivity index (χ4v) is 4.66. The summed E-state index contributed by atoms with van der Waals surface area (Å²) in [5.41, 5.74) is 3.31. The van der Waals surface area contributed by atoms with Gasteiger partial charge in [-0.05, 0) is 35.6 Å². The van der Waals surface area contributed by atoms with Gasteiger partial charge < -0.3 is 18.9 Å².